The fourth-order valence-corrected chi connectivity index (χ4v) is 4.19. The predicted octanol–water partition coefficient (Wildman–Crippen LogP) is 4.42. The Kier molecular flexibility index (Phi) is 7.80. The number of guanidine groups is 1. The van der Waals surface area contributed by atoms with E-state index in [4.69, 9.17) is 9.73 Å². The lowest BCUT2D eigenvalue weighted by Crippen LogP contribution is -2.42. The van der Waals surface area contributed by atoms with E-state index in [2.05, 4.69) is 71.2 Å². The summed E-state index contributed by atoms with van der Waals surface area (Å²) in [5.41, 5.74) is 1.66. The minimum Gasteiger partial charge on any atom is -0.381 e. The zero-order chi connectivity index (χ0) is 17.9. The number of rotatable bonds is 4. The molecule has 0 amide bonds. The summed E-state index contributed by atoms with van der Waals surface area (Å²) < 4.78 is 6.78. The third-order valence-electron chi connectivity index (χ3n) is 5.49. The van der Waals surface area contributed by atoms with Gasteiger partial charge in [0.05, 0.1) is 13.2 Å². The zero-order valence-electron chi connectivity index (χ0n) is 16.1. The van der Waals surface area contributed by atoms with Crippen molar-refractivity contribution in [1.29, 1.82) is 0 Å². The quantitative estimate of drug-likeness (QED) is 0.352. The van der Waals surface area contributed by atoms with Crippen LogP contribution in [0.15, 0.2) is 33.7 Å². The highest BCUT2D eigenvalue weighted by molar-refractivity contribution is 14.0. The van der Waals surface area contributed by atoms with Crippen LogP contribution in [-0.2, 0) is 10.2 Å². The van der Waals surface area contributed by atoms with Crippen LogP contribution >= 0.6 is 39.9 Å². The van der Waals surface area contributed by atoms with E-state index in [1.807, 2.05) is 0 Å². The van der Waals surface area contributed by atoms with E-state index < -0.39 is 0 Å². The van der Waals surface area contributed by atoms with Crippen molar-refractivity contribution in [2.24, 2.45) is 10.4 Å². The minimum absolute atomic E-state index is 0. The van der Waals surface area contributed by atoms with Gasteiger partial charge in [-0.1, -0.05) is 41.9 Å². The Hall–Kier alpha value is -0.340. The highest BCUT2D eigenvalue weighted by Gasteiger charge is 2.42. The molecule has 0 aromatic heterocycles. The molecule has 6 heteroatoms. The molecule has 26 heavy (non-hydrogen) atoms. The monoisotopic (exact) mass is 535 g/mol. The highest BCUT2D eigenvalue weighted by Crippen LogP contribution is 2.38. The minimum atomic E-state index is -0.00165. The van der Waals surface area contributed by atoms with Crippen LogP contribution in [0.3, 0.4) is 0 Å². The van der Waals surface area contributed by atoms with Gasteiger partial charge in [0.25, 0.3) is 0 Å². The summed E-state index contributed by atoms with van der Waals surface area (Å²) in [6.07, 6.45) is 2.40. The molecule has 4 nitrogen and oxygen atoms in total. The second-order valence-corrected chi connectivity index (χ2v) is 8.95. The fourth-order valence-electron chi connectivity index (χ4n) is 3.79. The number of ether oxygens (including phenoxy) is 1. The molecule has 1 unspecified atom stereocenters. The number of aliphatic imine (C=N–C) groups is 1. The van der Waals surface area contributed by atoms with Crippen LogP contribution in [0.2, 0.25) is 0 Å². The van der Waals surface area contributed by atoms with Crippen molar-refractivity contribution in [3.05, 3.63) is 34.3 Å². The summed E-state index contributed by atoms with van der Waals surface area (Å²) in [6.45, 7) is 12.3. The Morgan fingerprint density at radius 2 is 2.19 bits per heavy atom. The molecule has 2 aliphatic rings. The van der Waals surface area contributed by atoms with E-state index in [0.717, 1.165) is 49.8 Å². The van der Waals surface area contributed by atoms with Crippen LogP contribution < -0.4 is 5.32 Å². The summed E-state index contributed by atoms with van der Waals surface area (Å²) in [5.74, 6) is 1.05. The first kappa shape index (κ1) is 22.0. The largest absolute Gasteiger partial charge is 0.381 e. The molecule has 0 bridgehead atoms. The first-order chi connectivity index (χ1) is 11.9. The second kappa shape index (κ2) is 9.24. The van der Waals surface area contributed by atoms with E-state index in [-0.39, 0.29) is 29.4 Å². The van der Waals surface area contributed by atoms with Crippen molar-refractivity contribution in [3.63, 3.8) is 0 Å². The molecule has 0 saturated carbocycles. The van der Waals surface area contributed by atoms with Crippen molar-refractivity contribution in [1.82, 2.24) is 10.2 Å². The summed E-state index contributed by atoms with van der Waals surface area (Å²) in [5, 5.41) is 3.49. The molecular weight excluding hydrogens is 505 g/mol. The van der Waals surface area contributed by atoms with Gasteiger partial charge < -0.3 is 15.0 Å². The third kappa shape index (κ3) is 5.13. The van der Waals surface area contributed by atoms with Gasteiger partial charge in [0, 0.05) is 41.5 Å². The van der Waals surface area contributed by atoms with Crippen LogP contribution in [0.1, 0.15) is 39.2 Å². The maximum atomic E-state index is 5.66. The molecule has 2 saturated heterocycles. The lowest BCUT2D eigenvalue weighted by Gasteiger charge is -2.27. The molecule has 1 aromatic carbocycles. The summed E-state index contributed by atoms with van der Waals surface area (Å²) >= 11 is 3.58. The molecule has 2 aliphatic heterocycles. The second-order valence-electron chi connectivity index (χ2n) is 8.04. The number of hydrogen-bond acceptors (Lipinski definition) is 2. The van der Waals surface area contributed by atoms with Crippen LogP contribution in [0.25, 0.3) is 0 Å². The van der Waals surface area contributed by atoms with Gasteiger partial charge in [-0.25, -0.2) is 0 Å². The summed E-state index contributed by atoms with van der Waals surface area (Å²) in [4.78, 5) is 7.43. The molecule has 1 atom stereocenters. The van der Waals surface area contributed by atoms with Crippen molar-refractivity contribution in [2.75, 3.05) is 39.4 Å². The predicted molar refractivity (Wildman–Crippen MR) is 123 cm³/mol. The van der Waals surface area contributed by atoms with Crippen LogP contribution in [0, 0.1) is 5.41 Å². The van der Waals surface area contributed by atoms with E-state index >= 15 is 0 Å². The van der Waals surface area contributed by atoms with Gasteiger partial charge in [0.15, 0.2) is 5.96 Å². The van der Waals surface area contributed by atoms with Gasteiger partial charge in [-0.2, -0.15) is 0 Å². The van der Waals surface area contributed by atoms with Crippen LogP contribution in [-0.4, -0.2) is 50.3 Å². The van der Waals surface area contributed by atoms with E-state index in [0.29, 0.717) is 5.41 Å². The van der Waals surface area contributed by atoms with Crippen molar-refractivity contribution in [3.8, 4) is 0 Å². The molecule has 2 fully saturated rings. The molecule has 0 radical (unpaired) electrons. The normalized spacial score (nSPS) is 23.4. The summed E-state index contributed by atoms with van der Waals surface area (Å²) in [6, 6.07) is 8.55. The Morgan fingerprint density at radius 1 is 1.38 bits per heavy atom. The number of hydrogen-bond donors (Lipinski definition) is 1. The van der Waals surface area contributed by atoms with E-state index in [1.165, 1.54) is 18.4 Å². The Bertz CT molecular complexity index is 629. The highest BCUT2D eigenvalue weighted by atomic mass is 127. The van der Waals surface area contributed by atoms with Crippen molar-refractivity contribution in [2.45, 2.75) is 39.0 Å². The molecule has 146 valence electrons. The van der Waals surface area contributed by atoms with Crippen LogP contribution in [0.4, 0.5) is 0 Å². The SMILES string of the molecule is CCNC(=NCC(C)(C)c1cccc(Br)c1)N1CCC2(CCOC2)C1.I. The number of halogens is 2. The van der Waals surface area contributed by atoms with E-state index in [1.54, 1.807) is 0 Å². The smallest absolute Gasteiger partial charge is 0.193 e. The molecule has 2 heterocycles. The molecule has 1 N–H and O–H groups in total. The van der Waals surface area contributed by atoms with Crippen molar-refractivity contribution < 1.29 is 4.74 Å². The Morgan fingerprint density at radius 3 is 2.85 bits per heavy atom. The first-order valence-electron chi connectivity index (χ1n) is 9.31. The van der Waals surface area contributed by atoms with Gasteiger partial charge >= 0.3 is 0 Å². The number of benzene rings is 1. The Labute approximate surface area is 183 Å². The number of likely N-dealkylation sites (tertiary alicyclic amines) is 1. The number of nitrogens with one attached hydrogen (secondary N) is 1. The van der Waals surface area contributed by atoms with E-state index in [9.17, 15) is 0 Å². The Balaban J connectivity index is 0.00000243. The lowest BCUT2D eigenvalue weighted by atomic mass is 9.85. The molecule has 0 aliphatic carbocycles. The van der Waals surface area contributed by atoms with Gasteiger partial charge in [0.2, 0.25) is 0 Å². The van der Waals surface area contributed by atoms with Gasteiger partial charge in [-0.3, -0.25) is 4.99 Å². The standard InChI is InChI=1S/C20H30BrN3O.HI/c1-4-22-18(24-10-8-20(14-24)9-11-25-15-20)23-13-19(2,3)16-6-5-7-17(21)12-16;/h5-7,12H,4,8-11,13-15H2,1-3H3,(H,22,23);1H. The average molecular weight is 536 g/mol. The van der Waals surface area contributed by atoms with Crippen molar-refractivity contribution >= 4 is 45.9 Å². The fraction of sp³-hybridized carbons (Fsp3) is 0.650. The summed E-state index contributed by atoms with van der Waals surface area (Å²) in [7, 11) is 0. The maximum Gasteiger partial charge on any atom is 0.193 e. The molecule has 3 rings (SSSR count). The first-order valence-corrected chi connectivity index (χ1v) is 10.1. The molecule has 1 spiro atoms. The van der Waals surface area contributed by atoms with Gasteiger partial charge in [-0.15, -0.1) is 24.0 Å². The maximum absolute atomic E-state index is 5.66. The lowest BCUT2D eigenvalue weighted by molar-refractivity contribution is 0.156. The third-order valence-corrected chi connectivity index (χ3v) is 5.98. The average Bonchev–Trinajstić information content (AvgIpc) is 3.22. The van der Waals surface area contributed by atoms with Crippen LogP contribution in [0.5, 0.6) is 0 Å². The number of nitrogens with zero attached hydrogens (tertiary/aromatic N) is 2. The topological polar surface area (TPSA) is 36.9 Å². The van der Waals surface area contributed by atoms with Gasteiger partial charge in [0.1, 0.15) is 0 Å². The molecular formula is C20H31BrIN3O. The van der Waals surface area contributed by atoms with Gasteiger partial charge in [-0.05, 0) is 37.5 Å². The zero-order valence-corrected chi connectivity index (χ0v) is 20.0. The molecule has 1 aromatic rings.